The van der Waals surface area contributed by atoms with E-state index in [0.717, 1.165) is 18.6 Å². The number of rotatable bonds is 20. The second-order valence-corrected chi connectivity index (χ2v) is 10.4. The molecule has 204 valence electrons. The van der Waals surface area contributed by atoms with Crippen molar-refractivity contribution < 1.29 is 19.1 Å². The van der Waals surface area contributed by atoms with Gasteiger partial charge in [-0.25, -0.2) is 4.79 Å². The van der Waals surface area contributed by atoms with Gasteiger partial charge < -0.3 is 14.4 Å². The third kappa shape index (κ3) is 11.8. The standard InChI is InChI=1S/C31H51NO4/c1-3-4-5-6-7-8-9-10-11-12-13-14-15-16-17-18-26-36-28-23-21-27(22-24-28)30(33)32-25-19-20-29(32)31(34)35-2/h21-24,29H,3-20,25-26H2,1-2H3/t29-/m0/s1. The Morgan fingerprint density at radius 1 is 0.778 bits per heavy atom. The third-order valence-corrected chi connectivity index (χ3v) is 7.35. The normalized spacial score (nSPS) is 15.3. The predicted molar refractivity (Wildman–Crippen MR) is 148 cm³/mol. The quantitative estimate of drug-likeness (QED) is 0.134. The zero-order valence-corrected chi connectivity index (χ0v) is 23.1. The minimum absolute atomic E-state index is 0.118. The van der Waals surface area contributed by atoms with Gasteiger partial charge in [-0.3, -0.25) is 4.79 Å². The molecule has 5 nitrogen and oxygen atoms in total. The molecular formula is C31H51NO4. The minimum Gasteiger partial charge on any atom is -0.494 e. The number of ether oxygens (including phenoxy) is 2. The first-order valence-corrected chi connectivity index (χ1v) is 14.8. The van der Waals surface area contributed by atoms with Crippen LogP contribution in [0.1, 0.15) is 133 Å². The Morgan fingerprint density at radius 3 is 1.78 bits per heavy atom. The fourth-order valence-corrected chi connectivity index (χ4v) is 5.09. The fourth-order valence-electron chi connectivity index (χ4n) is 5.09. The molecule has 1 aliphatic rings. The molecule has 1 aromatic rings. The zero-order chi connectivity index (χ0) is 25.8. The van der Waals surface area contributed by atoms with Gasteiger partial charge in [0.2, 0.25) is 0 Å². The molecule has 0 saturated carbocycles. The molecule has 0 spiro atoms. The summed E-state index contributed by atoms with van der Waals surface area (Å²) in [6.45, 7) is 3.58. The molecule has 1 heterocycles. The first-order valence-electron chi connectivity index (χ1n) is 14.8. The molecule has 0 bridgehead atoms. The average molecular weight is 502 g/mol. The van der Waals surface area contributed by atoms with Gasteiger partial charge in [0.15, 0.2) is 0 Å². The molecule has 0 N–H and O–H groups in total. The summed E-state index contributed by atoms with van der Waals surface area (Å²) in [4.78, 5) is 26.3. The summed E-state index contributed by atoms with van der Waals surface area (Å²) in [5, 5.41) is 0. The van der Waals surface area contributed by atoms with Gasteiger partial charge in [0, 0.05) is 12.1 Å². The van der Waals surface area contributed by atoms with Crippen LogP contribution in [0, 0.1) is 0 Å². The Kier molecular flexibility index (Phi) is 16.0. The van der Waals surface area contributed by atoms with E-state index in [-0.39, 0.29) is 11.9 Å². The number of hydrogen-bond donors (Lipinski definition) is 0. The molecule has 5 heteroatoms. The van der Waals surface area contributed by atoms with Gasteiger partial charge in [-0.2, -0.15) is 0 Å². The lowest BCUT2D eigenvalue weighted by Crippen LogP contribution is -2.41. The van der Waals surface area contributed by atoms with Crippen molar-refractivity contribution in [3.63, 3.8) is 0 Å². The smallest absolute Gasteiger partial charge is 0.328 e. The number of hydrogen-bond acceptors (Lipinski definition) is 4. The maximum atomic E-state index is 12.8. The van der Waals surface area contributed by atoms with Crippen molar-refractivity contribution in [2.24, 2.45) is 0 Å². The number of esters is 1. The van der Waals surface area contributed by atoms with E-state index in [0.29, 0.717) is 25.1 Å². The SMILES string of the molecule is CCCCCCCCCCCCCCCCCCOc1ccc(C(=O)N2CCC[C@H]2C(=O)OC)cc1. The first kappa shape index (κ1) is 30.2. The van der Waals surface area contributed by atoms with Crippen molar-refractivity contribution in [1.29, 1.82) is 0 Å². The number of likely N-dealkylation sites (tertiary alicyclic amines) is 1. The summed E-state index contributed by atoms with van der Waals surface area (Å²) in [5.41, 5.74) is 0.584. The molecule has 1 amide bonds. The van der Waals surface area contributed by atoms with E-state index in [1.807, 2.05) is 12.1 Å². The van der Waals surface area contributed by atoms with E-state index >= 15 is 0 Å². The van der Waals surface area contributed by atoms with Crippen molar-refractivity contribution in [3.05, 3.63) is 29.8 Å². The van der Waals surface area contributed by atoms with Gasteiger partial charge in [-0.1, -0.05) is 103 Å². The summed E-state index contributed by atoms with van der Waals surface area (Å²) in [5.74, 6) is 0.338. The predicted octanol–water partition coefficient (Wildman–Crippen LogP) is 8.10. The second kappa shape index (κ2) is 19.1. The van der Waals surface area contributed by atoms with Crippen LogP contribution in [0.5, 0.6) is 5.75 Å². The van der Waals surface area contributed by atoms with Gasteiger partial charge in [0.1, 0.15) is 11.8 Å². The molecule has 36 heavy (non-hydrogen) atoms. The molecule has 1 aromatic carbocycles. The number of nitrogens with zero attached hydrogens (tertiary/aromatic N) is 1. The number of benzene rings is 1. The molecule has 1 saturated heterocycles. The number of carbonyl (C=O) groups excluding carboxylic acids is 2. The minimum atomic E-state index is -0.465. The molecule has 0 unspecified atom stereocenters. The van der Waals surface area contributed by atoms with E-state index in [9.17, 15) is 9.59 Å². The summed E-state index contributed by atoms with van der Waals surface area (Å²) in [7, 11) is 1.37. The highest BCUT2D eigenvalue weighted by Crippen LogP contribution is 2.22. The van der Waals surface area contributed by atoms with Crippen LogP contribution in [0.25, 0.3) is 0 Å². The number of carbonyl (C=O) groups is 2. The van der Waals surface area contributed by atoms with Crippen LogP contribution >= 0.6 is 0 Å². The van der Waals surface area contributed by atoms with Crippen molar-refractivity contribution in [2.75, 3.05) is 20.3 Å². The molecule has 2 rings (SSSR count). The van der Waals surface area contributed by atoms with Crippen molar-refractivity contribution in [1.82, 2.24) is 4.90 Å². The molecule has 0 aromatic heterocycles. The topological polar surface area (TPSA) is 55.8 Å². The lowest BCUT2D eigenvalue weighted by molar-refractivity contribution is -0.145. The molecule has 0 radical (unpaired) electrons. The lowest BCUT2D eigenvalue weighted by atomic mass is 10.0. The van der Waals surface area contributed by atoms with Crippen LogP contribution in [0.2, 0.25) is 0 Å². The molecule has 1 aliphatic heterocycles. The summed E-state index contributed by atoms with van der Waals surface area (Å²) >= 11 is 0. The van der Waals surface area contributed by atoms with Gasteiger partial charge in [-0.15, -0.1) is 0 Å². The first-order chi connectivity index (χ1) is 17.7. The van der Waals surface area contributed by atoms with Crippen LogP contribution in [0.4, 0.5) is 0 Å². The van der Waals surface area contributed by atoms with Gasteiger partial charge in [-0.05, 0) is 43.5 Å². The highest BCUT2D eigenvalue weighted by atomic mass is 16.5. The van der Waals surface area contributed by atoms with Crippen LogP contribution in [0.15, 0.2) is 24.3 Å². The Hall–Kier alpha value is -2.04. The largest absolute Gasteiger partial charge is 0.494 e. The molecule has 0 aliphatic carbocycles. The van der Waals surface area contributed by atoms with Crippen LogP contribution in [-0.4, -0.2) is 43.1 Å². The van der Waals surface area contributed by atoms with E-state index in [1.54, 1.807) is 17.0 Å². The van der Waals surface area contributed by atoms with Gasteiger partial charge in [0.05, 0.1) is 13.7 Å². The van der Waals surface area contributed by atoms with E-state index in [2.05, 4.69) is 6.92 Å². The van der Waals surface area contributed by atoms with Crippen LogP contribution in [-0.2, 0) is 9.53 Å². The maximum Gasteiger partial charge on any atom is 0.328 e. The third-order valence-electron chi connectivity index (χ3n) is 7.35. The monoisotopic (exact) mass is 501 g/mol. The van der Waals surface area contributed by atoms with Crippen molar-refractivity contribution >= 4 is 11.9 Å². The maximum absolute atomic E-state index is 12.8. The van der Waals surface area contributed by atoms with E-state index in [1.165, 1.54) is 103 Å². The zero-order valence-electron chi connectivity index (χ0n) is 23.1. The average Bonchev–Trinajstić information content (AvgIpc) is 3.40. The van der Waals surface area contributed by atoms with Crippen molar-refractivity contribution in [3.8, 4) is 5.75 Å². The van der Waals surface area contributed by atoms with Crippen LogP contribution in [0.3, 0.4) is 0 Å². The number of methoxy groups -OCH3 is 1. The summed E-state index contributed by atoms with van der Waals surface area (Å²) in [6, 6.07) is 6.81. The summed E-state index contributed by atoms with van der Waals surface area (Å²) in [6.07, 6.45) is 23.3. The van der Waals surface area contributed by atoms with Gasteiger partial charge >= 0.3 is 5.97 Å². The Balaban J connectivity index is 1.44. The summed E-state index contributed by atoms with van der Waals surface area (Å²) < 4.78 is 10.7. The Morgan fingerprint density at radius 2 is 1.28 bits per heavy atom. The van der Waals surface area contributed by atoms with Crippen molar-refractivity contribution in [2.45, 2.75) is 129 Å². The van der Waals surface area contributed by atoms with E-state index < -0.39 is 6.04 Å². The molecular weight excluding hydrogens is 450 g/mol. The highest BCUT2D eigenvalue weighted by Gasteiger charge is 2.35. The molecule has 1 fully saturated rings. The number of unbranched alkanes of at least 4 members (excludes halogenated alkanes) is 15. The fraction of sp³-hybridized carbons (Fsp3) is 0.742. The van der Waals surface area contributed by atoms with Gasteiger partial charge in [0.25, 0.3) is 5.91 Å². The Labute approximate surface area is 220 Å². The second-order valence-electron chi connectivity index (χ2n) is 10.4. The Bertz CT molecular complexity index is 718. The van der Waals surface area contributed by atoms with E-state index in [4.69, 9.17) is 9.47 Å². The molecule has 1 atom stereocenters. The van der Waals surface area contributed by atoms with Crippen LogP contribution < -0.4 is 4.74 Å². The lowest BCUT2D eigenvalue weighted by Gasteiger charge is -2.22. The highest BCUT2D eigenvalue weighted by molar-refractivity contribution is 5.97. The number of amides is 1.